The van der Waals surface area contributed by atoms with Crippen molar-refractivity contribution in [2.45, 2.75) is 13.3 Å². The number of hydrogen-bond acceptors (Lipinski definition) is 4. The Labute approximate surface area is 146 Å². The second kappa shape index (κ2) is 7.18. The van der Waals surface area contributed by atoms with Crippen LogP contribution in [0, 0.1) is 0 Å². The van der Waals surface area contributed by atoms with Crippen LogP contribution in [0.1, 0.15) is 34.0 Å². The summed E-state index contributed by atoms with van der Waals surface area (Å²) >= 11 is 0. The number of carbonyl (C=O) groups excluding carboxylic acids is 2. The van der Waals surface area contributed by atoms with E-state index in [4.69, 9.17) is 4.74 Å². The van der Waals surface area contributed by atoms with Gasteiger partial charge in [0.05, 0.1) is 18.2 Å². The normalized spacial score (nSPS) is 15.0. The molecule has 0 unspecified atom stereocenters. The molecule has 0 fully saturated rings. The van der Waals surface area contributed by atoms with Crippen LogP contribution in [0.5, 0.6) is 0 Å². The molecule has 4 nitrogen and oxygen atoms in total. The van der Waals surface area contributed by atoms with Gasteiger partial charge in [0.15, 0.2) is 0 Å². The minimum Gasteiger partial charge on any atom is -0.465 e. The second-order valence-electron chi connectivity index (χ2n) is 5.66. The number of methoxy groups -OCH3 is 1. The van der Waals surface area contributed by atoms with Crippen LogP contribution in [0.4, 0.5) is 0 Å². The van der Waals surface area contributed by atoms with Crippen LogP contribution >= 0.6 is 0 Å². The Morgan fingerprint density at radius 3 is 2.36 bits per heavy atom. The number of esters is 2. The predicted molar refractivity (Wildman–Crippen MR) is 95.6 cm³/mol. The summed E-state index contributed by atoms with van der Waals surface area (Å²) in [5, 5.41) is 0. The first kappa shape index (κ1) is 16.7. The molecule has 4 heteroatoms. The highest BCUT2D eigenvalue weighted by atomic mass is 16.5. The van der Waals surface area contributed by atoms with Crippen LogP contribution in [-0.2, 0) is 20.7 Å². The van der Waals surface area contributed by atoms with E-state index in [0.29, 0.717) is 16.9 Å². The van der Waals surface area contributed by atoms with Crippen molar-refractivity contribution in [3.05, 3.63) is 82.4 Å². The highest BCUT2D eigenvalue weighted by molar-refractivity contribution is 6.05. The van der Waals surface area contributed by atoms with E-state index in [-0.39, 0.29) is 5.97 Å². The zero-order valence-electron chi connectivity index (χ0n) is 14.1. The van der Waals surface area contributed by atoms with Gasteiger partial charge in [-0.2, -0.15) is 0 Å². The maximum Gasteiger partial charge on any atom is 0.343 e. The zero-order valence-corrected chi connectivity index (χ0v) is 14.1. The Kier molecular flexibility index (Phi) is 4.80. The molecule has 2 aromatic rings. The highest BCUT2D eigenvalue weighted by Gasteiger charge is 2.21. The average molecular weight is 334 g/mol. The van der Waals surface area contributed by atoms with Crippen molar-refractivity contribution in [1.82, 2.24) is 0 Å². The first-order chi connectivity index (χ1) is 12.1. The van der Waals surface area contributed by atoms with Gasteiger partial charge in [0.25, 0.3) is 0 Å². The molecule has 0 aromatic heterocycles. The molecule has 0 atom stereocenters. The standard InChI is InChI=1S/C21H18O4/c1-3-14-4-8-16(9-5-14)19-13-18(21(23)25-19)12-15-6-10-17(11-7-15)20(22)24-2/h4-13H,3H2,1-2H3. The van der Waals surface area contributed by atoms with Crippen LogP contribution in [0.25, 0.3) is 11.8 Å². The largest absolute Gasteiger partial charge is 0.465 e. The molecule has 0 amide bonds. The Morgan fingerprint density at radius 1 is 1.08 bits per heavy atom. The van der Waals surface area contributed by atoms with Crippen molar-refractivity contribution in [1.29, 1.82) is 0 Å². The number of hydrogen-bond donors (Lipinski definition) is 0. The SMILES string of the molecule is CCc1ccc(C2=CC(=Cc3ccc(C(=O)OC)cc3)C(=O)O2)cc1. The van der Waals surface area contributed by atoms with Crippen LogP contribution in [0.3, 0.4) is 0 Å². The zero-order chi connectivity index (χ0) is 17.8. The molecule has 0 radical (unpaired) electrons. The van der Waals surface area contributed by atoms with Gasteiger partial charge < -0.3 is 9.47 Å². The van der Waals surface area contributed by atoms with E-state index in [0.717, 1.165) is 17.5 Å². The first-order valence-electron chi connectivity index (χ1n) is 8.04. The van der Waals surface area contributed by atoms with Crippen molar-refractivity contribution < 1.29 is 19.1 Å². The molecule has 0 bridgehead atoms. The maximum absolute atomic E-state index is 12.1. The van der Waals surface area contributed by atoms with Crippen molar-refractivity contribution in [2.75, 3.05) is 7.11 Å². The molecule has 0 aliphatic carbocycles. The van der Waals surface area contributed by atoms with E-state index in [1.807, 2.05) is 24.3 Å². The number of carbonyl (C=O) groups is 2. The van der Waals surface area contributed by atoms with Gasteiger partial charge in [-0.1, -0.05) is 43.3 Å². The number of benzene rings is 2. The Balaban J connectivity index is 1.83. The lowest BCUT2D eigenvalue weighted by Gasteiger charge is -2.02. The summed E-state index contributed by atoms with van der Waals surface area (Å²) in [6.45, 7) is 2.09. The maximum atomic E-state index is 12.1. The van der Waals surface area contributed by atoms with Gasteiger partial charge in [-0.05, 0) is 41.8 Å². The van der Waals surface area contributed by atoms with Gasteiger partial charge in [-0.25, -0.2) is 9.59 Å². The van der Waals surface area contributed by atoms with Crippen molar-refractivity contribution in [3.8, 4) is 0 Å². The fourth-order valence-corrected chi connectivity index (χ4v) is 2.55. The van der Waals surface area contributed by atoms with E-state index in [1.54, 1.807) is 36.4 Å². The van der Waals surface area contributed by atoms with E-state index >= 15 is 0 Å². The summed E-state index contributed by atoms with van der Waals surface area (Å²) in [5.41, 5.74) is 3.84. The summed E-state index contributed by atoms with van der Waals surface area (Å²) in [7, 11) is 1.34. The van der Waals surface area contributed by atoms with E-state index in [9.17, 15) is 9.59 Å². The topological polar surface area (TPSA) is 52.6 Å². The minimum atomic E-state index is -0.391. The van der Waals surface area contributed by atoms with E-state index < -0.39 is 5.97 Å². The summed E-state index contributed by atoms with van der Waals surface area (Å²) in [5.74, 6) is -0.228. The summed E-state index contributed by atoms with van der Waals surface area (Å²) < 4.78 is 10.0. The molecule has 2 aromatic carbocycles. The quantitative estimate of drug-likeness (QED) is 0.626. The minimum absolute atomic E-state index is 0.383. The molecule has 1 heterocycles. The molecule has 0 saturated carbocycles. The third-order valence-electron chi connectivity index (χ3n) is 4.03. The molecule has 1 aliphatic heterocycles. The number of cyclic esters (lactones) is 1. The molecule has 3 rings (SSSR count). The van der Waals surface area contributed by atoms with Gasteiger partial charge in [0, 0.05) is 5.56 Å². The van der Waals surface area contributed by atoms with Crippen LogP contribution in [0.2, 0.25) is 0 Å². The van der Waals surface area contributed by atoms with Gasteiger partial charge in [0.2, 0.25) is 0 Å². The fourth-order valence-electron chi connectivity index (χ4n) is 2.55. The Hall–Kier alpha value is -3.14. The summed E-state index contributed by atoms with van der Waals surface area (Å²) in [6, 6.07) is 14.8. The first-order valence-corrected chi connectivity index (χ1v) is 8.04. The molecule has 0 spiro atoms. The third kappa shape index (κ3) is 3.69. The van der Waals surface area contributed by atoms with Crippen molar-refractivity contribution in [2.24, 2.45) is 0 Å². The molecular weight excluding hydrogens is 316 g/mol. The predicted octanol–water partition coefficient (Wildman–Crippen LogP) is 4.02. The number of ether oxygens (including phenoxy) is 2. The van der Waals surface area contributed by atoms with Gasteiger partial charge in [-0.15, -0.1) is 0 Å². The number of aryl methyl sites for hydroxylation is 1. The molecule has 126 valence electrons. The molecular formula is C21H18O4. The second-order valence-corrected chi connectivity index (χ2v) is 5.66. The average Bonchev–Trinajstić information content (AvgIpc) is 3.02. The highest BCUT2D eigenvalue weighted by Crippen LogP contribution is 2.27. The Bertz CT molecular complexity index is 856. The molecule has 0 saturated heterocycles. The Morgan fingerprint density at radius 2 is 1.76 bits per heavy atom. The molecule has 1 aliphatic rings. The summed E-state index contributed by atoms with van der Waals surface area (Å²) in [6.07, 6.45) is 4.43. The van der Waals surface area contributed by atoms with Gasteiger partial charge >= 0.3 is 11.9 Å². The lowest BCUT2D eigenvalue weighted by atomic mass is 10.1. The van der Waals surface area contributed by atoms with Gasteiger partial charge in [0.1, 0.15) is 5.76 Å². The van der Waals surface area contributed by atoms with E-state index in [2.05, 4.69) is 11.7 Å². The van der Waals surface area contributed by atoms with Crippen molar-refractivity contribution in [3.63, 3.8) is 0 Å². The van der Waals surface area contributed by atoms with Crippen LogP contribution in [0.15, 0.2) is 60.2 Å². The lowest BCUT2D eigenvalue weighted by Crippen LogP contribution is -2.00. The third-order valence-corrected chi connectivity index (χ3v) is 4.03. The summed E-state index contributed by atoms with van der Waals surface area (Å²) in [4.78, 5) is 23.5. The van der Waals surface area contributed by atoms with Crippen LogP contribution in [-0.4, -0.2) is 19.0 Å². The monoisotopic (exact) mass is 334 g/mol. The van der Waals surface area contributed by atoms with Crippen molar-refractivity contribution >= 4 is 23.8 Å². The van der Waals surface area contributed by atoms with Crippen LogP contribution < -0.4 is 0 Å². The molecule has 0 N–H and O–H groups in total. The lowest BCUT2D eigenvalue weighted by molar-refractivity contribution is -0.130. The fraction of sp³-hybridized carbons (Fsp3) is 0.143. The van der Waals surface area contributed by atoms with E-state index in [1.165, 1.54) is 12.7 Å². The molecule has 25 heavy (non-hydrogen) atoms. The van der Waals surface area contributed by atoms with Gasteiger partial charge in [-0.3, -0.25) is 0 Å². The smallest absolute Gasteiger partial charge is 0.343 e. The number of rotatable bonds is 4.